The second-order valence-corrected chi connectivity index (χ2v) is 8.98. The normalized spacial score (nSPS) is 15.3. The Labute approximate surface area is 193 Å². The summed E-state index contributed by atoms with van der Waals surface area (Å²) in [4.78, 5) is 22.7. The van der Waals surface area contributed by atoms with E-state index in [1.54, 1.807) is 18.3 Å². The van der Waals surface area contributed by atoms with E-state index in [9.17, 15) is 4.79 Å². The van der Waals surface area contributed by atoms with E-state index in [-0.39, 0.29) is 12.0 Å². The van der Waals surface area contributed by atoms with Gasteiger partial charge in [0, 0.05) is 23.0 Å². The summed E-state index contributed by atoms with van der Waals surface area (Å²) in [5.74, 6) is -0.160. The molecule has 2 aromatic heterocycles. The highest BCUT2D eigenvalue weighted by atomic mass is 35.5. The first-order chi connectivity index (χ1) is 15.6. The maximum Gasteiger partial charge on any atom is 0.261 e. The number of amides is 1. The predicted octanol–water partition coefficient (Wildman–Crippen LogP) is 5.37. The molecule has 32 heavy (non-hydrogen) atoms. The molecule has 0 radical (unpaired) electrons. The first-order valence-electron chi connectivity index (χ1n) is 10.0. The van der Waals surface area contributed by atoms with Gasteiger partial charge in [-0.3, -0.25) is 20.1 Å². The Bertz CT molecular complexity index is 1300. The van der Waals surface area contributed by atoms with Gasteiger partial charge in [-0.05, 0) is 60.2 Å². The van der Waals surface area contributed by atoms with Crippen LogP contribution in [0.15, 0.2) is 79.0 Å². The summed E-state index contributed by atoms with van der Waals surface area (Å²) < 4.78 is 0.590. The van der Waals surface area contributed by atoms with Gasteiger partial charge in [0.2, 0.25) is 0 Å². The predicted molar refractivity (Wildman–Crippen MR) is 129 cm³/mol. The molecule has 0 bridgehead atoms. The number of pyridine rings is 1. The monoisotopic (exact) mass is 462 g/mol. The molecule has 1 amide bonds. The van der Waals surface area contributed by atoms with Gasteiger partial charge in [-0.1, -0.05) is 29.8 Å². The first-order valence-corrected chi connectivity index (χ1v) is 11.2. The number of anilines is 2. The largest absolute Gasteiger partial charge is 0.356 e. The number of rotatable bonds is 6. The van der Waals surface area contributed by atoms with Crippen LogP contribution in [0.4, 0.5) is 11.4 Å². The molecule has 1 aliphatic heterocycles. The molecule has 1 aliphatic rings. The summed E-state index contributed by atoms with van der Waals surface area (Å²) in [5.41, 5.74) is 7.76. The minimum Gasteiger partial charge on any atom is -0.356 e. The van der Waals surface area contributed by atoms with Crippen molar-refractivity contribution in [2.75, 3.05) is 11.9 Å². The fourth-order valence-electron chi connectivity index (χ4n) is 3.42. The molecule has 3 heterocycles. The molecule has 4 aromatic rings. The molecule has 160 valence electrons. The third-order valence-corrected chi connectivity index (χ3v) is 6.25. The Hall–Kier alpha value is -3.39. The van der Waals surface area contributed by atoms with E-state index in [1.807, 2.05) is 54.6 Å². The fraction of sp³-hybridized carbons (Fsp3) is 0.0833. The van der Waals surface area contributed by atoms with Gasteiger partial charge in [-0.25, -0.2) is 0 Å². The number of nitrogens with one attached hydrogen (secondary N) is 3. The maximum absolute atomic E-state index is 12.2. The van der Waals surface area contributed by atoms with E-state index in [0.29, 0.717) is 15.8 Å². The molecule has 1 atom stereocenters. The van der Waals surface area contributed by atoms with Crippen LogP contribution in [0.3, 0.4) is 0 Å². The lowest BCUT2D eigenvalue weighted by Gasteiger charge is -2.09. The number of carbonyl (C=O) groups is 1. The summed E-state index contributed by atoms with van der Waals surface area (Å²) in [5, 5.41) is 7.37. The number of hydroxylamine groups is 1. The highest BCUT2D eigenvalue weighted by Crippen LogP contribution is 2.25. The van der Waals surface area contributed by atoms with Gasteiger partial charge < -0.3 is 10.6 Å². The summed E-state index contributed by atoms with van der Waals surface area (Å²) >= 11 is 7.14. The van der Waals surface area contributed by atoms with Gasteiger partial charge in [0.05, 0.1) is 27.0 Å². The van der Waals surface area contributed by atoms with Crippen molar-refractivity contribution in [2.24, 2.45) is 0 Å². The zero-order valence-corrected chi connectivity index (χ0v) is 18.4. The molecule has 0 fully saturated rings. The minimum absolute atomic E-state index is 0.160. The number of fused-ring (bicyclic) bond motifs is 1. The van der Waals surface area contributed by atoms with Crippen molar-refractivity contribution in [2.45, 2.75) is 6.10 Å². The van der Waals surface area contributed by atoms with Crippen LogP contribution < -0.4 is 16.1 Å². The van der Waals surface area contributed by atoms with Crippen molar-refractivity contribution in [1.29, 1.82) is 0 Å². The average molecular weight is 463 g/mol. The molecule has 0 saturated heterocycles. The molecule has 8 heteroatoms. The van der Waals surface area contributed by atoms with Gasteiger partial charge in [-0.15, -0.1) is 11.3 Å². The Morgan fingerprint density at radius 2 is 1.94 bits per heavy atom. The molecule has 0 spiro atoms. The quantitative estimate of drug-likeness (QED) is 0.359. The van der Waals surface area contributed by atoms with Crippen molar-refractivity contribution < 1.29 is 9.63 Å². The average Bonchev–Trinajstić information content (AvgIpc) is 3.47. The van der Waals surface area contributed by atoms with Crippen LogP contribution in [0.1, 0.15) is 15.2 Å². The molecule has 0 saturated carbocycles. The number of halogens is 1. The van der Waals surface area contributed by atoms with Gasteiger partial charge in [0.15, 0.2) is 0 Å². The van der Waals surface area contributed by atoms with Crippen LogP contribution in [0, 0.1) is 0 Å². The van der Waals surface area contributed by atoms with Crippen LogP contribution in [0.5, 0.6) is 0 Å². The van der Waals surface area contributed by atoms with E-state index in [1.165, 1.54) is 11.3 Å². The molecular formula is C24H19ClN4O2S. The van der Waals surface area contributed by atoms with Gasteiger partial charge >= 0.3 is 0 Å². The number of aromatic nitrogens is 1. The van der Waals surface area contributed by atoms with Crippen LogP contribution in [-0.4, -0.2) is 23.5 Å². The van der Waals surface area contributed by atoms with Crippen LogP contribution in [0.25, 0.3) is 16.6 Å². The molecule has 0 aliphatic carbocycles. The zero-order valence-electron chi connectivity index (χ0n) is 16.8. The maximum atomic E-state index is 12.2. The van der Waals surface area contributed by atoms with Crippen LogP contribution in [-0.2, 0) is 4.84 Å². The summed E-state index contributed by atoms with van der Waals surface area (Å²) in [6.07, 6.45) is 3.50. The number of benzene rings is 2. The zero-order chi connectivity index (χ0) is 21.9. The number of hydrogen-bond donors (Lipinski definition) is 3. The lowest BCUT2D eigenvalue weighted by atomic mass is 10.1. The number of carbonyl (C=O) groups excluding carboxylic acids is 1. The molecule has 1 unspecified atom stereocenters. The first kappa shape index (κ1) is 20.5. The van der Waals surface area contributed by atoms with Crippen LogP contribution in [0.2, 0.25) is 4.34 Å². The fourth-order valence-corrected chi connectivity index (χ4v) is 4.38. The lowest BCUT2D eigenvalue weighted by Crippen LogP contribution is -2.31. The van der Waals surface area contributed by atoms with E-state index in [4.69, 9.17) is 16.4 Å². The molecule has 3 N–H and O–H groups in total. The summed E-state index contributed by atoms with van der Waals surface area (Å²) in [6.45, 7) is 0.362. The van der Waals surface area contributed by atoms with Crippen molar-refractivity contribution >= 4 is 56.8 Å². The summed E-state index contributed by atoms with van der Waals surface area (Å²) in [7, 11) is 0. The second kappa shape index (κ2) is 9.00. The third kappa shape index (κ3) is 4.60. The van der Waals surface area contributed by atoms with E-state index >= 15 is 0 Å². The van der Waals surface area contributed by atoms with Crippen molar-refractivity contribution in [3.05, 3.63) is 93.8 Å². The second-order valence-electron chi connectivity index (χ2n) is 7.27. The SMILES string of the molecule is O=C(NCC1C=C(c2ccc(Nc3ccc4ncccc4c3)cc2)NO1)c1ccc(Cl)s1. The molecule has 5 rings (SSSR count). The molecule has 6 nitrogen and oxygen atoms in total. The minimum atomic E-state index is -0.256. The van der Waals surface area contributed by atoms with E-state index in [2.05, 4.69) is 27.2 Å². The Balaban J connectivity index is 1.20. The standard InChI is InChI=1S/C24H19ClN4O2S/c25-23-10-9-22(32-23)24(30)27-14-19-13-21(29-31-19)15-3-5-17(6-4-15)28-18-7-8-20-16(12-18)2-1-11-26-20/h1-13,19,28-29H,14H2,(H,27,30). The van der Waals surface area contributed by atoms with E-state index in [0.717, 1.165) is 33.5 Å². The smallest absolute Gasteiger partial charge is 0.261 e. The van der Waals surface area contributed by atoms with E-state index < -0.39 is 0 Å². The highest BCUT2D eigenvalue weighted by molar-refractivity contribution is 7.18. The number of hydrogen-bond acceptors (Lipinski definition) is 6. The van der Waals surface area contributed by atoms with Crippen molar-refractivity contribution in [3.63, 3.8) is 0 Å². The summed E-state index contributed by atoms with van der Waals surface area (Å²) in [6, 6.07) is 21.6. The number of nitrogens with zero attached hydrogens (tertiary/aromatic N) is 1. The lowest BCUT2D eigenvalue weighted by molar-refractivity contribution is 0.0499. The Morgan fingerprint density at radius 3 is 2.75 bits per heavy atom. The molecular weight excluding hydrogens is 444 g/mol. The Morgan fingerprint density at radius 1 is 1.09 bits per heavy atom. The van der Waals surface area contributed by atoms with Gasteiger partial charge in [0.1, 0.15) is 6.10 Å². The highest BCUT2D eigenvalue weighted by Gasteiger charge is 2.19. The van der Waals surface area contributed by atoms with Gasteiger partial charge in [-0.2, -0.15) is 0 Å². The topological polar surface area (TPSA) is 75.3 Å². The Kier molecular flexibility index (Phi) is 5.77. The van der Waals surface area contributed by atoms with Crippen molar-refractivity contribution in [1.82, 2.24) is 15.8 Å². The van der Waals surface area contributed by atoms with Gasteiger partial charge in [0.25, 0.3) is 5.91 Å². The third-order valence-electron chi connectivity index (χ3n) is 5.02. The van der Waals surface area contributed by atoms with Crippen molar-refractivity contribution in [3.8, 4) is 0 Å². The molecule has 2 aromatic carbocycles. The number of thiophene rings is 1. The van der Waals surface area contributed by atoms with Crippen LogP contribution >= 0.6 is 22.9 Å².